The van der Waals surface area contributed by atoms with E-state index in [2.05, 4.69) is 146 Å². The van der Waals surface area contributed by atoms with Crippen LogP contribution >= 0.6 is 0 Å². The van der Waals surface area contributed by atoms with Crippen LogP contribution in [0.2, 0.25) is 0 Å². The summed E-state index contributed by atoms with van der Waals surface area (Å²) in [5, 5.41) is 13.0. The van der Waals surface area contributed by atoms with Crippen LogP contribution in [-0.2, 0) is 0 Å². The lowest BCUT2D eigenvalue weighted by atomic mass is 9.91. The molecule has 0 aliphatic carbocycles. The predicted molar refractivity (Wildman–Crippen MR) is 166 cm³/mol. The molecule has 0 heterocycles. The molecule has 0 spiro atoms. The molecular formula is C38H24. The van der Waals surface area contributed by atoms with Crippen molar-refractivity contribution >= 4 is 66.0 Å². The first-order chi connectivity index (χ1) is 18.8. The van der Waals surface area contributed by atoms with E-state index >= 15 is 0 Å². The van der Waals surface area contributed by atoms with Crippen LogP contribution in [0.25, 0.3) is 77.1 Å². The van der Waals surface area contributed by atoms with Gasteiger partial charge in [-0.2, -0.15) is 0 Å². The molecule has 0 nitrogen and oxygen atoms in total. The minimum atomic E-state index is 1.21. The summed E-state index contributed by atoms with van der Waals surface area (Å²) in [4.78, 5) is 0. The van der Waals surface area contributed by atoms with Gasteiger partial charge in [0.15, 0.2) is 0 Å². The topological polar surface area (TPSA) is 0 Å². The average Bonchev–Trinajstić information content (AvgIpc) is 2.98. The van der Waals surface area contributed by atoms with Gasteiger partial charge in [0.25, 0.3) is 0 Å². The lowest BCUT2D eigenvalue weighted by Gasteiger charge is -2.13. The van der Waals surface area contributed by atoms with Crippen molar-refractivity contribution < 1.29 is 0 Å². The largest absolute Gasteiger partial charge is 0.0616 e. The summed E-state index contributed by atoms with van der Waals surface area (Å²) in [7, 11) is 0. The maximum Gasteiger partial charge on any atom is -0.00264 e. The van der Waals surface area contributed by atoms with E-state index in [1.807, 2.05) is 0 Å². The van der Waals surface area contributed by atoms with Crippen molar-refractivity contribution in [3.63, 3.8) is 0 Å². The molecule has 0 aromatic heterocycles. The Labute approximate surface area is 221 Å². The molecule has 0 atom stereocenters. The summed E-state index contributed by atoms with van der Waals surface area (Å²) in [6, 6.07) is 49.0. The number of hydrogen-bond donors (Lipinski definition) is 0. The highest BCUT2D eigenvalue weighted by molar-refractivity contribution is 6.23. The van der Waals surface area contributed by atoms with Gasteiger partial charge in [0.05, 0.1) is 0 Å². The van der Waals surface area contributed by atoms with Crippen molar-refractivity contribution in [1.82, 2.24) is 0 Å². The molecule has 176 valence electrons. The normalized spacial score (nSPS) is 12.1. The summed E-state index contributed by atoms with van der Waals surface area (Å²) >= 11 is 0. The fourth-order valence-electron chi connectivity index (χ4n) is 5.97. The van der Waals surface area contributed by atoms with Gasteiger partial charge in [-0.1, -0.05) is 115 Å². The van der Waals surface area contributed by atoms with Gasteiger partial charge in [0.2, 0.25) is 0 Å². The Morgan fingerprint density at radius 2 is 0.737 bits per heavy atom. The van der Waals surface area contributed by atoms with Crippen LogP contribution in [0.4, 0.5) is 0 Å². The quantitative estimate of drug-likeness (QED) is 0.174. The molecule has 0 amide bonds. The van der Waals surface area contributed by atoms with E-state index in [1.165, 1.54) is 76.1 Å². The average molecular weight is 481 g/mol. The standard InChI is InChI=1S/C38H24/c1-2-5-30-20-25(10-12-27(30)4-1)8-9-26-11-13-32-22-33(17-16-31(32)21-26)36-23-34-18-14-28-6-3-7-29-15-19-35(24-36)38(34)37(28)29/h1-24H. The van der Waals surface area contributed by atoms with Crippen LogP contribution in [0.15, 0.2) is 133 Å². The Morgan fingerprint density at radius 1 is 0.289 bits per heavy atom. The summed E-state index contributed by atoms with van der Waals surface area (Å²) < 4.78 is 0. The molecule has 0 bridgehead atoms. The third-order valence-electron chi connectivity index (χ3n) is 7.90. The maximum absolute atomic E-state index is 2.34. The van der Waals surface area contributed by atoms with Gasteiger partial charge in [0.1, 0.15) is 0 Å². The molecule has 0 aliphatic rings. The van der Waals surface area contributed by atoms with Crippen molar-refractivity contribution in [2.45, 2.75) is 0 Å². The number of fused-ring (bicyclic) bond motifs is 2. The summed E-state index contributed by atoms with van der Waals surface area (Å²) in [6.07, 6.45) is 4.40. The van der Waals surface area contributed by atoms with Crippen molar-refractivity contribution in [2.75, 3.05) is 0 Å². The lowest BCUT2D eigenvalue weighted by Crippen LogP contribution is -1.86. The van der Waals surface area contributed by atoms with E-state index in [0.29, 0.717) is 0 Å². The third kappa shape index (κ3) is 3.46. The minimum absolute atomic E-state index is 1.21. The minimum Gasteiger partial charge on any atom is -0.0616 e. The van der Waals surface area contributed by atoms with Gasteiger partial charge in [-0.25, -0.2) is 0 Å². The highest BCUT2D eigenvalue weighted by atomic mass is 14.1. The Hall–Kier alpha value is -4.94. The molecule has 0 N–H and O–H groups in total. The second-order valence-corrected chi connectivity index (χ2v) is 10.3. The molecule has 0 heteroatoms. The van der Waals surface area contributed by atoms with E-state index in [1.54, 1.807) is 0 Å². The van der Waals surface area contributed by atoms with Crippen LogP contribution in [0, 0.1) is 0 Å². The first-order valence-corrected chi connectivity index (χ1v) is 13.2. The van der Waals surface area contributed by atoms with Crippen LogP contribution in [0.1, 0.15) is 11.1 Å². The van der Waals surface area contributed by atoms with Gasteiger partial charge in [0, 0.05) is 0 Å². The second-order valence-electron chi connectivity index (χ2n) is 10.3. The van der Waals surface area contributed by atoms with E-state index in [0.717, 1.165) is 0 Å². The Kier molecular flexibility index (Phi) is 4.62. The van der Waals surface area contributed by atoms with Crippen molar-refractivity contribution in [2.24, 2.45) is 0 Å². The molecule has 38 heavy (non-hydrogen) atoms. The van der Waals surface area contributed by atoms with E-state index in [4.69, 9.17) is 0 Å². The van der Waals surface area contributed by atoms with Crippen LogP contribution in [-0.4, -0.2) is 0 Å². The molecule has 0 unspecified atom stereocenters. The predicted octanol–water partition coefficient (Wildman–Crippen LogP) is 10.7. The van der Waals surface area contributed by atoms with Gasteiger partial charge >= 0.3 is 0 Å². The van der Waals surface area contributed by atoms with Gasteiger partial charge in [-0.3, -0.25) is 0 Å². The van der Waals surface area contributed by atoms with Crippen molar-refractivity contribution in [3.8, 4) is 11.1 Å². The molecule has 8 aromatic carbocycles. The zero-order chi connectivity index (χ0) is 25.1. The second kappa shape index (κ2) is 8.30. The number of rotatable bonds is 3. The van der Waals surface area contributed by atoms with E-state index in [-0.39, 0.29) is 0 Å². The van der Waals surface area contributed by atoms with E-state index < -0.39 is 0 Å². The third-order valence-corrected chi connectivity index (χ3v) is 7.90. The molecule has 8 rings (SSSR count). The number of hydrogen-bond acceptors (Lipinski definition) is 0. The van der Waals surface area contributed by atoms with Gasteiger partial charge < -0.3 is 0 Å². The highest BCUT2D eigenvalue weighted by Gasteiger charge is 2.10. The number of benzene rings is 8. The SMILES string of the molecule is C(=Cc1ccc2cc(-c3cc4ccc5cccc6ccc(c3)c4c56)ccc2c1)c1ccc2ccccc2c1. The molecule has 0 saturated heterocycles. The van der Waals surface area contributed by atoms with Crippen molar-refractivity contribution in [3.05, 3.63) is 145 Å². The van der Waals surface area contributed by atoms with Gasteiger partial charge in [-0.05, 0) is 106 Å². The van der Waals surface area contributed by atoms with Crippen LogP contribution < -0.4 is 0 Å². The summed E-state index contributed by atoms with van der Waals surface area (Å²) in [5.41, 5.74) is 4.94. The zero-order valence-electron chi connectivity index (χ0n) is 20.9. The monoisotopic (exact) mass is 480 g/mol. The molecule has 0 fully saturated rings. The molecule has 8 aromatic rings. The Morgan fingerprint density at radius 3 is 1.45 bits per heavy atom. The maximum atomic E-state index is 2.34. The first-order valence-electron chi connectivity index (χ1n) is 13.2. The highest BCUT2D eigenvalue weighted by Crippen LogP contribution is 2.37. The smallest absolute Gasteiger partial charge is 0.00264 e. The molecule has 0 radical (unpaired) electrons. The van der Waals surface area contributed by atoms with Crippen molar-refractivity contribution in [1.29, 1.82) is 0 Å². The molecule has 0 saturated carbocycles. The fraction of sp³-hybridized carbons (Fsp3) is 0. The lowest BCUT2D eigenvalue weighted by molar-refractivity contribution is 1.67. The Bertz CT molecular complexity index is 2110. The molecule has 0 aliphatic heterocycles. The van der Waals surface area contributed by atoms with Crippen LogP contribution in [0.3, 0.4) is 0 Å². The first kappa shape index (κ1) is 21.2. The zero-order valence-corrected chi connectivity index (χ0v) is 20.9. The fourth-order valence-corrected chi connectivity index (χ4v) is 5.97. The van der Waals surface area contributed by atoms with Crippen LogP contribution in [0.5, 0.6) is 0 Å². The van der Waals surface area contributed by atoms with Gasteiger partial charge in [-0.15, -0.1) is 0 Å². The Balaban J connectivity index is 1.16. The summed E-state index contributed by atoms with van der Waals surface area (Å²) in [5.74, 6) is 0. The summed E-state index contributed by atoms with van der Waals surface area (Å²) in [6.45, 7) is 0. The molecular weight excluding hydrogens is 456 g/mol. The van der Waals surface area contributed by atoms with E-state index in [9.17, 15) is 0 Å².